The summed E-state index contributed by atoms with van der Waals surface area (Å²) in [6.45, 7) is 0.172. The molecule has 0 aliphatic carbocycles. The molecule has 1 aromatic carbocycles. The fourth-order valence-electron chi connectivity index (χ4n) is 1.64. The molecule has 2 aromatic rings. The molecule has 2 rings (SSSR count). The number of nitrogens with one attached hydrogen (secondary N) is 3. The predicted molar refractivity (Wildman–Crippen MR) is 79.6 cm³/mol. The Bertz CT molecular complexity index is 585. The van der Waals surface area contributed by atoms with Gasteiger partial charge in [0.1, 0.15) is 11.6 Å². The number of hydrogen-bond donors (Lipinski definition) is 3. The Morgan fingerprint density at radius 2 is 1.80 bits per heavy atom. The molecule has 0 aliphatic rings. The maximum atomic E-state index is 11.3. The summed E-state index contributed by atoms with van der Waals surface area (Å²) >= 11 is 0. The average Bonchev–Trinajstić information content (AvgIpc) is 2.53. The Kier molecular flexibility index (Phi) is 4.49. The number of hydrogen-bond acceptors (Lipinski definition) is 5. The smallest absolute Gasteiger partial charge is 0.239 e. The van der Waals surface area contributed by atoms with Crippen LogP contribution in [0.4, 0.5) is 11.6 Å². The SMILES string of the molecule is CNC(=O)CNc1cc(NC)nc(-c2ccccc2)n1. The molecule has 0 atom stereocenters. The molecule has 0 saturated heterocycles. The number of anilines is 2. The first kappa shape index (κ1) is 13.8. The monoisotopic (exact) mass is 271 g/mol. The molecular formula is C14H17N5O. The first-order valence-electron chi connectivity index (χ1n) is 6.29. The Morgan fingerprint density at radius 3 is 2.45 bits per heavy atom. The van der Waals surface area contributed by atoms with Crippen molar-refractivity contribution in [2.24, 2.45) is 0 Å². The Balaban J connectivity index is 2.27. The highest BCUT2D eigenvalue weighted by Crippen LogP contribution is 2.19. The van der Waals surface area contributed by atoms with Crippen LogP contribution in [-0.2, 0) is 4.79 Å². The number of carbonyl (C=O) groups excluding carboxylic acids is 1. The van der Waals surface area contributed by atoms with Crippen molar-refractivity contribution in [2.45, 2.75) is 0 Å². The van der Waals surface area contributed by atoms with Crippen LogP contribution in [0.2, 0.25) is 0 Å². The molecule has 1 heterocycles. The molecule has 6 nitrogen and oxygen atoms in total. The predicted octanol–water partition coefficient (Wildman–Crippen LogP) is 1.34. The molecule has 6 heteroatoms. The van der Waals surface area contributed by atoms with Gasteiger partial charge in [0.2, 0.25) is 5.91 Å². The molecule has 0 saturated carbocycles. The lowest BCUT2D eigenvalue weighted by molar-refractivity contribution is -0.118. The van der Waals surface area contributed by atoms with Gasteiger partial charge in [0.25, 0.3) is 0 Å². The first-order valence-corrected chi connectivity index (χ1v) is 6.29. The van der Waals surface area contributed by atoms with Crippen molar-refractivity contribution >= 4 is 17.5 Å². The molecule has 0 bridgehead atoms. The lowest BCUT2D eigenvalue weighted by Gasteiger charge is -2.09. The summed E-state index contributed by atoms with van der Waals surface area (Å²) in [6.07, 6.45) is 0. The zero-order valence-corrected chi connectivity index (χ0v) is 11.5. The van der Waals surface area contributed by atoms with E-state index in [1.807, 2.05) is 30.3 Å². The second kappa shape index (κ2) is 6.51. The van der Waals surface area contributed by atoms with E-state index in [2.05, 4.69) is 25.9 Å². The first-order chi connectivity index (χ1) is 9.72. The van der Waals surface area contributed by atoms with Gasteiger partial charge < -0.3 is 16.0 Å². The minimum absolute atomic E-state index is 0.101. The summed E-state index contributed by atoms with van der Waals surface area (Å²) in [6, 6.07) is 11.4. The van der Waals surface area contributed by atoms with Crippen LogP contribution >= 0.6 is 0 Å². The minimum Gasteiger partial charge on any atom is -0.373 e. The van der Waals surface area contributed by atoms with E-state index in [1.165, 1.54) is 0 Å². The van der Waals surface area contributed by atoms with Gasteiger partial charge in [-0.05, 0) is 0 Å². The molecule has 1 amide bonds. The van der Waals surface area contributed by atoms with E-state index in [0.717, 1.165) is 5.56 Å². The van der Waals surface area contributed by atoms with Crippen LogP contribution < -0.4 is 16.0 Å². The third-order valence-electron chi connectivity index (χ3n) is 2.72. The third-order valence-corrected chi connectivity index (χ3v) is 2.72. The molecule has 1 aromatic heterocycles. The number of aromatic nitrogens is 2. The average molecular weight is 271 g/mol. The summed E-state index contributed by atoms with van der Waals surface area (Å²) in [5.74, 6) is 1.80. The van der Waals surface area contributed by atoms with E-state index in [1.54, 1.807) is 20.2 Å². The summed E-state index contributed by atoms with van der Waals surface area (Å²) in [5, 5.41) is 8.51. The molecule has 3 N–H and O–H groups in total. The van der Waals surface area contributed by atoms with Crippen LogP contribution in [0.5, 0.6) is 0 Å². The molecule has 104 valence electrons. The molecule has 0 fully saturated rings. The zero-order chi connectivity index (χ0) is 14.4. The summed E-state index contributed by atoms with van der Waals surface area (Å²) in [5.41, 5.74) is 0.924. The number of likely N-dealkylation sites (N-methyl/N-ethyl adjacent to an activating group) is 1. The summed E-state index contributed by atoms with van der Waals surface area (Å²) in [7, 11) is 3.39. The standard InChI is InChI=1S/C14H17N5O/c1-15-11-8-12(17-9-13(20)16-2)19-14(18-11)10-6-4-3-5-7-10/h3-8H,9H2,1-2H3,(H,16,20)(H2,15,17,18,19). The van der Waals surface area contributed by atoms with Crippen molar-refractivity contribution in [3.8, 4) is 11.4 Å². The maximum absolute atomic E-state index is 11.3. The topological polar surface area (TPSA) is 78.9 Å². The van der Waals surface area contributed by atoms with E-state index in [4.69, 9.17) is 0 Å². The van der Waals surface area contributed by atoms with Crippen molar-refractivity contribution < 1.29 is 4.79 Å². The fraction of sp³-hybridized carbons (Fsp3) is 0.214. The minimum atomic E-state index is -0.101. The molecule has 0 spiro atoms. The zero-order valence-electron chi connectivity index (χ0n) is 11.5. The van der Waals surface area contributed by atoms with E-state index in [0.29, 0.717) is 17.5 Å². The molecule has 0 aliphatic heterocycles. The van der Waals surface area contributed by atoms with E-state index in [-0.39, 0.29) is 12.5 Å². The summed E-state index contributed by atoms with van der Waals surface area (Å²) < 4.78 is 0. The van der Waals surface area contributed by atoms with E-state index < -0.39 is 0 Å². The van der Waals surface area contributed by atoms with Gasteiger partial charge in [0.05, 0.1) is 6.54 Å². The van der Waals surface area contributed by atoms with E-state index in [9.17, 15) is 4.79 Å². The van der Waals surface area contributed by atoms with Crippen molar-refractivity contribution in [3.63, 3.8) is 0 Å². The Hall–Kier alpha value is -2.63. The van der Waals surface area contributed by atoms with Gasteiger partial charge in [-0.25, -0.2) is 9.97 Å². The van der Waals surface area contributed by atoms with Crippen LogP contribution in [0.25, 0.3) is 11.4 Å². The van der Waals surface area contributed by atoms with Gasteiger partial charge in [-0.1, -0.05) is 30.3 Å². The highest BCUT2D eigenvalue weighted by molar-refractivity contribution is 5.80. The number of amides is 1. The maximum Gasteiger partial charge on any atom is 0.239 e. The fourth-order valence-corrected chi connectivity index (χ4v) is 1.64. The van der Waals surface area contributed by atoms with Crippen molar-refractivity contribution in [1.29, 1.82) is 0 Å². The van der Waals surface area contributed by atoms with Crippen LogP contribution in [0.15, 0.2) is 36.4 Å². The van der Waals surface area contributed by atoms with Crippen LogP contribution in [0, 0.1) is 0 Å². The van der Waals surface area contributed by atoms with Gasteiger partial charge in [0.15, 0.2) is 5.82 Å². The van der Waals surface area contributed by atoms with Gasteiger partial charge in [-0.15, -0.1) is 0 Å². The third kappa shape index (κ3) is 3.44. The van der Waals surface area contributed by atoms with Gasteiger partial charge in [0, 0.05) is 25.7 Å². The van der Waals surface area contributed by atoms with Gasteiger partial charge >= 0.3 is 0 Å². The van der Waals surface area contributed by atoms with Crippen molar-refractivity contribution in [2.75, 3.05) is 31.3 Å². The van der Waals surface area contributed by atoms with Crippen molar-refractivity contribution in [3.05, 3.63) is 36.4 Å². The normalized spacial score (nSPS) is 9.90. The second-order valence-corrected chi connectivity index (χ2v) is 4.10. The van der Waals surface area contributed by atoms with Gasteiger partial charge in [-0.2, -0.15) is 0 Å². The lowest BCUT2D eigenvalue weighted by atomic mass is 10.2. The lowest BCUT2D eigenvalue weighted by Crippen LogP contribution is -2.26. The molecule has 0 radical (unpaired) electrons. The second-order valence-electron chi connectivity index (χ2n) is 4.10. The number of rotatable bonds is 5. The molecular weight excluding hydrogens is 254 g/mol. The molecule has 0 unspecified atom stereocenters. The molecule has 20 heavy (non-hydrogen) atoms. The highest BCUT2D eigenvalue weighted by Gasteiger charge is 2.07. The van der Waals surface area contributed by atoms with Crippen molar-refractivity contribution in [1.82, 2.24) is 15.3 Å². The number of benzene rings is 1. The van der Waals surface area contributed by atoms with Crippen LogP contribution in [0.3, 0.4) is 0 Å². The van der Waals surface area contributed by atoms with Crippen LogP contribution in [0.1, 0.15) is 0 Å². The summed E-state index contributed by atoms with van der Waals surface area (Å²) in [4.78, 5) is 20.1. The van der Waals surface area contributed by atoms with Gasteiger partial charge in [-0.3, -0.25) is 4.79 Å². The largest absolute Gasteiger partial charge is 0.373 e. The Labute approximate surface area is 117 Å². The quantitative estimate of drug-likeness (QED) is 0.765. The number of carbonyl (C=O) groups is 1. The Morgan fingerprint density at radius 1 is 1.10 bits per heavy atom. The highest BCUT2D eigenvalue weighted by atomic mass is 16.1. The van der Waals surface area contributed by atoms with E-state index >= 15 is 0 Å². The van der Waals surface area contributed by atoms with Crippen LogP contribution in [-0.4, -0.2) is 36.5 Å². The number of nitrogens with zero attached hydrogens (tertiary/aromatic N) is 2.